The molecule has 0 bridgehead atoms. The molecule has 4 aromatic rings. The molecule has 0 unspecified atom stereocenters. The van der Waals surface area contributed by atoms with Crippen molar-refractivity contribution in [2.75, 3.05) is 39.1 Å². The van der Waals surface area contributed by atoms with Gasteiger partial charge < -0.3 is 25.4 Å². The van der Waals surface area contributed by atoms with Crippen LogP contribution in [0.5, 0.6) is 11.5 Å². The molecule has 2 aromatic carbocycles. The van der Waals surface area contributed by atoms with Gasteiger partial charge in [-0.1, -0.05) is 18.2 Å². The summed E-state index contributed by atoms with van der Waals surface area (Å²) in [4.78, 5) is 37.5. The standard InChI is InChI=1S/C31H34N8O4/c1-31(2,36-14-16-42-3)17-21(18-32)29(40)37-15-13-23(19-37)39-28-26(27(33)34-20-35-28)38(30(39)41)22-9-11-25(12-10-22)43-24-7-5-4-6-8-24/h4-12,17,20,23,36H,13-16,19H2,1-3H3,(H2,33,34,35)/t23-/m0/s1. The molecule has 2 aromatic heterocycles. The zero-order chi connectivity index (χ0) is 30.6. The van der Waals surface area contributed by atoms with Crippen molar-refractivity contribution in [3.05, 3.63) is 83.1 Å². The number of para-hydroxylation sites is 1. The molecule has 3 heterocycles. The Balaban J connectivity index is 1.42. The van der Waals surface area contributed by atoms with Crippen LogP contribution in [0, 0.1) is 11.3 Å². The zero-order valence-electron chi connectivity index (χ0n) is 24.4. The summed E-state index contributed by atoms with van der Waals surface area (Å²) >= 11 is 0. The van der Waals surface area contributed by atoms with Crippen LogP contribution in [0.4, 0.5) is 5.82 Å². The van der Waals surface area contributed by atoms with Gasteiger partial charge in [-0.3, -0.25) is 13.9 Å². The van der Waals surface area contributed by atoms with Gasteiger partial charge in [0, 0.05) is 32.3 Å². The SMILES string of the molecule is COCCNC(C)(C)C=C(C#N)C(=O)N1CC[C@H](n2c(=O)n(-c3ccc(Oc4ccccc4)cc3)c3c(N)ncnc32)C1. The number of amides is 1. The Morgan fingerprint density at radius 3 is 2.58 bits per heavy atom. The number of ether oxygens (including phenoxy) is 2. The Hall–Kier alpha value is -4.99. The normalized spacial score (nSPS) is 15.5. The molecule has 0 saturated carbocycles. The predicted octanol–water partition coefficient (Wildman–Crippen LogP) is 3.19. The molecule has 1 saturated heterocycles. The number of benzene rings is 2. The lowest BCUT2D eigenvalue weighted by molar-refractivity contribution is -0.125. The number of carbonyl (C=O) groups excluding carboxylic acids is 1. The molecule has 1 aliphatic heterocycles. The lowest BCUT2D eigenvalue weighted by Gasteiger charge is -2.24. The molecule has 12 nitrogen and oxygen atoms in total. The van der Waals surface area contributed by atoms with Crippen LogP contribution < -0.4 is 21.5 Å². The van der Waals surface area contributed by atoms with Gasteiger partial charge in [-0.05, 0) is 62.7 Å². The second kappa shape index (κ2) is 12.5. The van der Waals surface area contributed by atoms with Gasteiger partial charge in [0.1, 0.15) is 35.0 Å². The average molecular weight is 583 g/mol. The second-order valence-corrected chi connectivity index (χ2v) is 10.8. The van der Waals surface area contributed by atoms with Gasteiger partial charge in [0.05, 0.1) is 18.3 Å². The molecular weight excluding hydrogens is 548 g/mol. The van der Waals surface area contributed by atoms with E-state index in [1.807, 2.05) is 44.2 Å². The van der Waals surface area contributed by atoms with Crippen molar-refractivity contribution in [1.82, 2.24) is 29.3 Å². The van der Waals surface area contributed by atoms with Crippen LogP contribution in [0.2, 0.25) is 0 Å². The van der Waals surface area contributed by atoms with E-state index in [-0.39, 0.29) is 35.6 Å². The number of nitrogens with one attached hydrogen (secondary N) is 1. The molecule has 1 aliphatic rings. The second-order valence-electron chi connectivity index (χ2n) is 10.8. The Labute approximate surface area is 249 Å². The number of aromatic nitrogens is 4. The molecule has 0 radical (unpaired) electrons. The summed E-state index contributed by atoms with van der Waals surface area (Å²) in [7, 11) is 1.61. The van der Waals surface area contributed by atoms with Crippen LogP contribution in [0.1, 0.15) is 26.3 Å². The van der Waals surface area contributed by atoms with Crippen molar-refractivity contribution in [2.24, 2.45) is 0 Å². The topological polar surface area (TPSA) is 153 Å². The fourth-order valence-corrected chi connectivity index (χ4v) is 5.26. The van der Waals surface area contributed by atoms with Crippen LogP contribution in [0.15, 0.2) is 77.4 Å². The molecule has 12 heteroatoms. The highest BCUT2D eigenvalue weighted by Crippen LogP contribution is 2.29. The Kier molecular flexibility index (Phi) is 8.56. The molecule has 222 valence electrons. The summed E-state index contributed by atoms with van der Waals surface area (Å²) in [6.07, 6.45) is 3.46. The third-order valence-electron chi connectivity index (χ3n) is 7.31. The van der Waals surface area contributed by atoms with Crippen molar-refractivity contribution in [3.8, 4) is 23.3 Å². The van der Waals surface area contributed by atoms with E-state index in [1.54, 1.807) is 46.9 Å². The summed E-state index contributed by atoms with van der Waals surface area (Å²) in [5.41, 5.74) is 6.69. The number of nitrogens with two attached hydrogens (primary N) is 1. The van der Waals surface area contributed by atoms with Crippen LogP contribution in [-0.2, 0) is 9.53 Å². The highest BCUT2D eigenvalue weighted by Gasteiger charge is 2.33. The van der Waals surface area contributed by atoms with Crippen molar-refractivity contribution < 1.29 is 14.3 Å². The molecule has 1 amide bonds. The van der Waals surface area contributed by atoms with E-state index in [2.05, 4.69) is 21.4 Å². The van der Waals surface area contributed by atoms with E-state index in [0.717, 1.165) is 0 Å². The number of hydrogen-bond acceptors (Lipinski definition) is 9. The fraction of sp³-hybridized carbons (Fsp3) is 0.323. The summed E-state index contributed by atoms with van der Waals surface area (Å²) in [6.45, 7) is 5.47. The summed E-state index contributed by atoms with van der Waals surface area (Å²) in [6, 6.07) is 18.2. The predicted molar refractivity (Wildman–Crippen MR) is 162 cm³/mol. The average Bonchev–Trinajstić information content (AvgIpc) is 3.59. The van der Waals surface area contributed by atoms with Crippen molar-refractivity contribution in [3.63, 3.8) is 0 Å². The number of nitriles is 1. The van der Waals surface area contributed by atoms with E-state index in [1.165, 1.54) is 10.9 Å². The van der Waals surface area contributed by atoms with Gasteiger partial charge in [0.2, 0.25) is 0 Å². The van der Waals surface area contributed by atoms with Gasteiger partial charge in [0.25, 0.3) is 5.91 Å². The van der Waals surface area contributed by atoms with E-state index in [0.29, 0.717) is 54.5 Å². The molecule has 5 rings (SSSR count). The Bertz CT molecular complexity index is 1740. The van der Waals surface area contributed by atoms with Crippen molar-refractivity contribution >= 4 is 22.9 Å². The quantitative estimate of drug-likeness (QED) is 0.163. The summed E-state index contributed by atoms with van der Waals surface area (Å²) < 4.78 is 14.0. The van der Waals surface area contributed by atoms with Crippen LogP contribution in [-0.4, -0.2) is 68.8 Å². The maximum absolute atomic E-state index is 14.0. The van der Waals surface area contributed by atoms with Crippen LogP contribution in [0.3, 0.4) is 0 Å². The summed E-state index contributed by atoms with van der Waals surface area (Å²) in [5, 5.41) is 13.1. The number of likely N-dealkylation sites (tertiary alicyclic amines) is 1. The first-order valence-electron chi connectivity index (χ1n) is 14.0. The van der Waals surface area contributed by atoms with E-state index >= 15 is 0 Å². The van der Waals surface area contributed by atoms with Gasteiger partial charge in [-0.15, -0.1) is 0 Å². The minimum atomic E-state index is -0.598. The zero-order valence-corrected chi connectivity index (χ0v) is 24.4. The third-order valence-corrected chi connectivity index (χ3v) is 7.31. The maximum Gasteiger partial charge on any atom is 0.335 e. The number of rotatable bonds is 10. The number of carbonyl (C=O) groups is 1. The van der Waals surface area contributed by atoms with Crippen LogP contribution in [0.25, 0.3) is 16.9 Å². The first-order valence-corrected chi connectivity index (χ1v) is 14.0. The van der Waals surface area contributed by atoms with Crippen molar-refractivity contribution in [2.45, 2.75) is 31.8 Å². The molecule has 1 fully saturated rings. The Morgan fingerprint density at radius 2 is 1.88 bits per heavy atom. The molecular formula is C31H34N8O4. The molecule has 0 aliphatic carbocycles. The first-order chi connectivity index (χ1) is 20.7. The van der Waals surface area contributed by atoms with Gasteiger partial charge >= 0.3 is 5.69 Å². The number of hydrogen-bond donors (Lipinski definition) is 2. The summed E-state index contributed by atoms with van der Waals surface area (Å²) in [5.74, 6) is 1.09. The first kappa shape index (κ1) is 29.5. The smallest absolute Gasteiger partial charge is 0.335 e. The highest BCUT2D eigenvalue weighted by atomic mass is 16.5. The van der Waals surface area contributed by atoms with E-state index in [9.17, 15) is 14.9 Å². The van der Waals surface area contributed by atoms with E-state index < -0.39 is 5.54 Å². The van der Waals surface area contributed by atoms with Gasteiger partial charge in [0.15, 0.2) is 11.5 Å². The number of nitrogens with zero attached hydrogens (tertiary/aromatic N) is 6. The molecule has 0 spiro atoms. The maximum atomic E-state index is 14.0. The number of fused-ring (bicyclic) bond motifs is 1. The monoisotopic (exact) mass is 582 g/mol. The third kappa shape index (κ3) is 6.28. The minimum absolute atomic E-state index is 0.0368. The number of imidazole rings is 1. The lowest BCUT2D eigenvalue weighted by atomic mass is 10.0. The molecule has 1 atom stereocenters. The lowest BCUT2D eigenvalue weighted by Crippen LogP contribution is -2.40. The highest BCUT2D eigenvalue weighted by molar-refractivity contribution is 5.97. The fourth-order valence-electron chi connectivity index (χ4n) is 5.26. The van der Waals surface area contributed by atoms with Crippen molar-refractivity contribution in [1.29, 1.82) is 5.26 Å². The number of anilines is 1. The molecule has 3 N–H and O–H groups in total. The minimum Gasteiger partial charge on any atom is -0.457 e. The number of nitrogen functional groups attached to an aromatic ring is 1. The Morgan fingerprint density at radius 1 is 1.16 bits per heavy atom. The molecule has 43 heavy (non-hydrogen) atoms. The van der Waals surface area contributed by atoms with Gasteiger partial charge in [-0.25, -0.2) is 14.8 Å². The van der Waals surface area contributed by atoms with Crippen LogP contribution >= 0.6 is 0 Å². The number of methoxy groups -OCH3 is 1. The largest absolute Gasteiger partial charge is 0.457 e. The van der Waals surface area contributed by atoms with E-state index in [4.69, 9.17) is 15.2 Å². The van der Waals surface area contributed by atoms with Gasteiger partial charge in [-0.2, -0.15) is 5.26 Å².